The van der Waals surface area contributed by atoms with Gasteiger partial charge in [-0.05, 0) is 23.6 Å². The van der Waals surface area contributed by atoms with Gasteiger partial charge in [0.1, 0.15) is 6.04 Å². The Bertz CT molecular complexity index is 764. The van der Waals surface area contributed by atoms with Crippen molar-refractivity contribution in [2.45, 2.75) is 12.5 Å². The number of para-hydroxylation sites is 1. The molecule has 0 bridgehead atoms. The minimum absolute atomic E-state index is 0.136. The molecule has 3 rings (SSSR count). The highest BCUT2D eigenvalue weighted by Crippen LogP contribution is 2.30. The van der Waals surface area contributed by atoms with Gasteiger partial charge >= 0.3 is 6.03 Å². The molecule has 0 saturated heterocycles. The van der Waals surface area contributed by atoms with Crippen LogP contribution in [0.3, 0.4) is 0 Å². The monoisotopic (exact) mass is 353 g/mol. The number of hydrogen-bond donors (Lipinski definition) is 2. The second kappa shape index (κ2) is 8.49. The lowest BCUT2D eigenvalue weighted by atomic mass is 10.1. The first kappa shape index (κ1) is 17.9. The van der Waals surface area contributed by atoms with Gasteiger partial charge in [-0.3, -0.25) is 4.79 Å². The van der Waals surface area contributed by atoms with E-state index in [1.54, 1.807) is 12.0 Å². The normalized spacial score (nSPS) is 13.8. The van der Waals surface area contributed by atoms with Crippen LogP contribution in [-0.2, 0) is 16.0 Å². The topological polar surface area (TPSA) is 70.7 Å². The Balaban J connectivity index is 1.80. The van der Waals surface area contributed by atoms with E-state index >= 15 is 0 Å². The molecule has 0 spiro atoms. The van der Waals surface area contributed by atoms with Crippen LogP contribution in [0.1, 0.15) is 17.2 Å². The second-order valence-corrected chi connectivity index (χ2v) is 6.11. The number of amides is 3. The standard InChI is InChI=1S/C20H23N3O3/c1-26-14-12-21-20(25)22-18(16-8-3-2-4-9-16)19(24)23-13-11-15-7-5-6-10-17(15)23/h2-10,18H,11-14H2,1H3,(H2,21,22,25). The van der Waals surface area contributed by atoms with Gasteiger partial charge in [-0.1, -0.05) is 48.5 Å². The lowest BCUT2D eigenvalue weighted by molar-refractivity contribution is -0.120. The summed E-state index contributed by atoms with van der Waals surface area (Å²) in [7, 11) is 1.57. The van der Waals surface area contributed by atoms with Crippen molar-refractivity contribution in [3.63, 3.8) is 0 Å². The highest BCUT2D eigenvalue weighted by molar-refractivity contribution is 6.01. The number of nitrogens with one attached hydrogen (secondary N) is 2. The SMILES string of the molecule is COCCNC(=O)NC(C(=O)N1CCc2ccccc21)c1ccccc1. The molecule has 136 valence electrons. The summed E-state index contributed by atoms with van der Waals surface area (Å²) in [6.07, 6.45) is 0.823. The average Bonchev–Trinajstić information content (AvgIpc) is 3.11. The van der Waals surface area contributed by atoms with Crippen LogP contribution in [0.15, 0.2) is 54.6 Å². The number of carbonyl (C=O) groups is 2. The zero-order chi connectivity index (χ0) is 18.4. The molecule has 2 N–H and O–H groups in total. The van der Waals surface area contributed by atoms with Crippen molar-refractivity contribution in [3.05, 3.63) is 65.7 Å². The van der Waals surface area contributed by atoms with Crippen LogP contribution in [0.5, 0.6) is 0 Å². The summed E-state index contributed by atoms with van der Waals surface area (Å²) < 4.78 is 4.93. The molecule has 6 heteroatoms. The van der Waals surface area contributed by atoms with Gasteiger partial charge in [0, 0.05) is 25.9 Å². The highest BCUT2D eigenvalue weighted by Gasteiger charge is 2.31. The third kappa shape index (κ3) is 4.03. The van der Waals surface area contributed by atoms with Gasteiger partial charge in [-0.25, -0.2) is 4.79 Å². The Morgan fingerprint density at radius 1 is 1.12 bits per heavy atom. The maximum Gasteiger partial charge on any atom is 0.315 e. The number of ether oxygens (including phenoxy) is 1. The predicted molar refractivity (Wildman–Crippen MR) is 100 cm³/mol. The van der Waals surface area contributed by atoms with E-state index in [1.807, 2.05) is 54.6 Å². The van der Waals surface area contributed by atoms with Crippen LogP contribution in [0.25, 0.3) is 0 Å². The maximum atomic E-state index is 13.2. The van der Waals surface area contributed by atoms with E-state index in [4.69, 9.17) is 4.74 Å². The molecule has 0 fully saturated rings. The predicted octanol–water partition coefficient (Wildman–Crippen LogP) is 2.26. The minimum atomic E-state index is -0.745. The van der Waals surface area contributed by atoms with Crippen molar-refractivity contribution in [2.24, 2.45) is 0 Å². The highest BCUT2D eigenvalue weighted by atomic mass is 16.5. The molecule has 1 aliphatic rings. The molecule has 2 aromatic rings. The number of methoxy groups -OCH3 is 1. The third-order valence-corrected chi connectivity index (χ3v) is 4.40. The number of rotatable bonds is 6. The van der Waals surface area contributed by atoms with Crippen LogP contribution < -0.4 is 15.5 Å². The molecule has 0 saturated carbocycles. The Morgan fingerprint density at radius 2 is 1.85 bits per heavy atom. The van der Waals surface area contributed by atoms with Crippen LogP contribution in [0.2, 0.25) is 0 Å². The molecule has 26 heavy (non-hydrogen) atoms. The van der Waals surface area contributed by atoms with E-state index in [0.717, 1.165) is 23.2 Å². The zero-order valence-corrected chi connectivity index (χ0v) is 14.8. The zero-order valence-electron chi connectivity index (χ0n) is 14.8. The number of fused-ring (bicyclic) bond motifs is 1. The smallest absolute Gasteiger partial charge is 0.315 e. The van der Waals surface area contributed by atoms with Crippen LogP contribution in [0, 0.1) is 0 Å². The molecule has 3 amide bonds. The number of nitrogens with zero attached hydrogens (tertiary/aromatic N) is 1. The van der Waals surface area contributed by atoms with Crippen LogP contribution in [-0.4, -0.2) is 38.7 Å². The molecule has 0 radical (unpaired) electrons. The molecule has 1 heterocycles. The largest absolute Gasteiger partial charge is 0.383 e. The molecule has 1 atom stereocenters. The van der Waals surface area contributed by atoms with E-state index in [-0.39, 0.29) is 5.91 Å². The van der Waals surface area contributed by atoms with Crippen molar-refractivity contribution in [2.75, 3.05) is 31.7 Å². The van der Waals surface area contributed by atoms with Gasteiger partial charge < -0.3 is 20.3 Å². The Hall–Kier alpha value is -2.86. The molecule has 0 aliphatic carbocycles. The molecule has 0 aromatic heterocycles. The molecule has 1 aliphatic heterocycles. The van der Waals surface area contributed by atoms with Gasteiger partial charge in [0.15, 0.2) is 0 Å². The third-order valence-electron chi connectivity index (χ3n) is 4.40. The second-order valence-electron chi connectivity index (χ2n) is 6.11. The van der Waals surface area contributed by atoms with Crippen molar-refractivity contribution in [1.29, 1.82) is 0 Å². The van der Waals surface area contributed by atoms with Gasteiger partial charge in [-0.15, -0.1) is 0 Å². The number of hydrogen-bond acceptors (Lipinski definition) is 3. The molecular weight excluding hydrogens is 330 g/mol. The fraction of sp³-hybridized carbons (Fsp3) is 0.300. The summed E-state index contributed by atoms with van der Waals surface area (Å²) >= 11 is 0. The van der Waals surface area contributed by atoms with Crippen molar-refractivity contribution in [3.8, 4) is 0 Å². The summed E-state index contributed by atoms with van der Waals surface area (Å²) in [6, 6.07) is 16.0. The Morgan fingerprint density at radius 3 is 2.62 bits per heavy atom. The fourth-order valence-electron chi connectivity index (χ4n) is 3.10. The van der Waals surface area contributed by atoms with E-state index < -0.39 is 12.1 Å². The van der Waals surface area contributed by atoms with Gasteiger partial charge in [0.2, 0.25) is 0 Å². The summed E-state index contributed by atoms with van der Waals surface area (Å²) in [4.78, 5) is 27.2. The maximum absolute atomic E-state index is 13.2. The summed E-state index contributed by atoms with van der Waals surface area (Å²) in [5.74, 6) is -0.136. The lowest BCUT2D eigenvalue weighted by Crippen LogP contribution is -2.46. The van der Waals surface area contributed by atoms with E-state index in [0.29, 0.717) is 19.7 Å². The van der Waals surface area contributed by atoms with Crippen molar-refractivity contribution >= 4 is 17.6 Å². The van der Waals surface area contributed by atoms with E-state index in [9.17, 15) is 9.59 Å². The minimum Gasteiger partial charge on any atom is -0.383 e. The van der Waals surface area contributed by atoms with E-state index in [2.05, 4.69) is 10.6 Å². The Labute approximate surface area is 153 Å². The number of anilines is 1. The summed E-state index contributed by atoms with van der Waals surface area (Å²) in [5.41, 5.74) is 2.82. The number of benzene rings is 2. The van der Waals surface area contributed by atoms with Gasteiger partial charge in [-0.2, -0.15) is 0 Å². The van der Waals surface area contributed by atoms with E-state index in [1.165, 1.54) is 0 Å². The van der Waals surface area contributed by atoms with Crippen LogP contribution >= 0.6 is 0 Å². The number of urea groups is 1. The summed E-state index contributed by atoms with van der Waals surface area (Å²) in [6.45, 7) is 1.41. The molecule has 2 aromatic carbocycles. The quantitative estimate of drug-likeness (QED) is 0.783. The first-order valence-electron chi connectivity index (χ1n) is 8.68. The van der Waals surface area contributed by atoms with Crippen LogP contribution in [0.4, 0.5) is 10.5 Å². The molecule has 1 unspecified atom stereocenters. The fourth-order valence-corrected chi connectivity index (χ4v) is 3.10. The van der Waals surface area contributed by atoms with Gasteiger partial charge in [0.05, 0.1) is 6.61 Å². The van der Waals surface area contributed by atoms with Crippen molar-refractivity contribution < 1.29 is 14.3 Å². The first-order chi connectivity index (χ1) is 12.7. The van der Waals surface area contributed by atoms with Crippen molar-refractivity contribution in [1.82, 2.24) is 10.6 Å². The Kier molecular flexibility index (Phi) is 5.86. The molecular formula is C20H23N3O3. The first-order valence-corrected chi connectivity index (χ1v) is 8.68. The number of carbonyl (C=O) groups excluding carboxylic acids is 2. The lowest BCUT2D eigenvalue weighted by Gasteiger charge is -2.25. The summed E-state index contributed by atoms with van der Waals surface area (Å²) in [5, 5.41) is 5.51. The molecule has 6 nitrogen and oxygen atoms in total. The average molecular weight is 353 g/mol. The van der Waals surface area contributed by atoms with Gasteiger partial charge in [0.25, 0.3) is 5.91 Å².